The van der Waals surface area contributed by atoms with Crippen LogP contribution in [0.1, 0.15) is 25.7 Å². The minimum atomic E-state index is -0.150. The van der Waals surface area contributed by atoms with Crippen LogP contribution in [0.3, 0.4) is 0 Å². The number of imidazole rings is 1. The molecule has 0 bridgehead atoms. The molecule has 4 aromatic rings. The maximum absolute atomic E-state index is 9.71. The van der Waals surface area contributed by atoms with Crippen molar-refractivity contribution in [2.75, 3.05) is 5.32 Å². The quantitative estimate of drug-likeness (QED) is 0.532. The van der Waals surface area contributed by atoms with Crippen LogP contribution in [0.2, 0.25) is 0 Å². The summed E-state index contributed by atoms with van der Waals surface area (Å²) in [7, 11) is 0. The number of nitrogens with one attached hydrogen (secondary N) is 1. The molecule has 2 N–H and O–H groups in total. The fourth-order valence-electron chi connectivity index (χ4n) is 4.04. The number of rotatable bonds is 4. The van der Waals surface area contributed by atoms with Gasteiger partial charge in [-0.2, -0.15) is 0 Å². The van der Waals surface area contributed by atoms with E-state index in [2.05, 4.69) is 58.8 Å². The fourth-order valence-corrected chi connectivity index (χ4v) is 4.04. The van der Waals surface area contributed by atoms with Crippen LogP contribution < -0.4 is 5.32 Å². The van der Waals surface area contributed by atoms with E-state index in [1.54, 1.807) is 0 Å². The highest BCUT2D eigenvalue weighted by molar-refractivity contribution is 5.70. The highest BCUT2D eigenvalue weighted by Crippen LogP contribution is 2.26. The first-order valence-corrected chi connectivity index (χ1v) is 10.2. The van der Waals surface area contributed by atoms with Crippen LogP contribution in [0.4, 0.5) is 5.82 Å². The molecule has 0 radical (unpaired) electrons. The van der Waals surface area contributed by atoms with Gasteiger partial charge in [0.05, 0.1) is 18.0 Å². The van der Waals surface area contributed by atoms with E-state index < -0.39 is 0 Å². The van der Waals surface area contributed by atoms with E-state index in [-0.39, 0.29) is 6.10 Å². The molecule has 5 rings (SSSR count). The summed E-state index contributed by atoms with van der Waals surface area (Å²) >= 11 is 0. The first-order chi connectivity index (χ1) is 14.3. The van der Waals surface area contributed by atoms with Crippen LogP contribution in [-0.4, -0.2) is 31.9 Å². The molecular formula is C24H24N4O. The van der Waals surface area contributed by atoms with Gasteiger partial charge >= 0.3 is 0 Å². The lowest BCUT2D eigenvalue weighted by atomic mass is 9.93. The van der Waals surface area contributed by atoms with Crippen molar-refractivity contribution in [3.8, 4) is 22.4 Å². The van der Waals surface area contributed by atoms with Gasteiger partial charge in [0.15, 0.2) is 5.65 Å². The van der Waals surface area contributed by atoms with Gasteiger partial charge in [-0.3, -0.25) is 0 Å². The van der Waals surface area contributed by atoms with E-state index in [0.717, 1.165) is 48.4 Å². The number of aliphatic hydroxyl groups is 1. The zero-order valence-electron chi connectivity index (χ0n) is 16.2. The average Bonchev–Trinajstić information content (AvgIpc) is 3.19. The molecule has 1 saturated carbocycles. The van der Waals surface area contributed by atoms with Gasteiger partial charge in [0.1, 0.15) is 5.82 Å². The predicted molar refractivity (Wildman–Crippen MR) is 116 cm³/mol. The van der Waals surface area contributed by atoms with E-state index in [9.17, 15) is 5.11 Å². The van der Waals surface area contributed by atoms with Crippen LogP contribution in [0, 0.1) is 0 Å². The van der Waals surface area contributed by atoms with Crippen LogP contribution in [-0.2, 0) is 0 Å². The van der Waals surface area contributed by atoms with Crippen molar-refractivity contribution in [2.24, 2.45) is 0 Å². The minimum absolute atomic E-state index is 0.150. The van der Waals surface area contributed by atoms with Crippen molar-refractivity contribution in [3.63, 3.8) is 0 Å². The summed E-state index contributed by atoms with van der Waals surface area (Å²) < 4.78 is 1.90. The molecular weight excluding hydrogens is 360 g/mol. The third-order valence-corrected chi connectivity index (χ3v) is 5.70. The fraction of sp³-hybridized carbons (Fsp3) is 0.250. The average molecular weight is 384 g/mol. The Hall–Kier alpha value is -3.18. The Kier molecular flexibility index (Phi) is 4.74. The largest absolute Gasteiger partial charge is 0.393 e. The molecule has 29 heavy (non-hydrogen) atoms. The van der Waals surface area contributed by atoms with E-state index in [1.807, 2.05) is 28.9 Å². The molecule has 1 aliphatic carbocycles. The monoisotopic (exact) mass is 384 g/mol. The van der Waals surface area contributed by atoms with Gasteiger partial charge in [0.25, 0.3) is 0 Å². The molecule has 5 nitrogen and oxygen atoms in total. The van der Waals surface area contributed by atoms with Gasteiger partial charge in [-0.1, -0.05) is 54.6 Å². The molecule has 146 valence electrons. The predicted octanol–water partition coefficient (Wildman–Crippen LogP) is 4.78. The lowest BCUT2D eigenvalue weighted by molar-refractivity contribution is 0.126. The van der Waals surface area contributed by atoms with Crippen LogP contribution in [0.15, 0.2) is 72.9 Å². The topological polar surface area (TPSA) is 62.5 Å². The summed E-state index contributed by atoms with van der Waals surface area (Å²) in [6, 6.07) is 23.2. The van der Waals surface area contributed by atoms with Crippen LogP contribution >= 0.6 is 0 Å². The van der Waals surface area contributed by atoms with Gasteiger partial charge in [0, 0.05) is 11.6 Å². The van der Waals surface area contributed by atoms with Crippen LogP contribution in [0.25, 0.3) is 28.0 Å². The Labute approximate surface area is 170 Å². The summed E-state index contributed by atoms with van der Waals surface area (Å²) in [4.78, 5) is 4.51. The zero-order valence-corrected chi connectivity index (χ0v) is 16.2. The molecule has 0 amide bonds. The van der Waals surface area contributed by atoms with Crippen molar-refractivity contribution >= 4 is 11.5 Å². The van der Waals surface area contributed by atoms with Crippen molar-refractivity contribution < 1.29 is 5.11 Å². The lowest BCUT2D eigenvalue weighted by Gasteiger charge is -2.26. The summed E-state index contributed by atoms with van der Waals surface area (Å²) in [6.45, 7) is 0. The van der Waals surface area contributed by atoms with Crippen molar-refractivity contribution in [1.82, 2.24) is 14.6 Å². The highest BCUT2D eigenvalue weighted by Gasteiger charge is 2.19. The van der Waals surface area contributed by atoms with E-state index >= 15 is 0 Å². The Morgan fingerprint density at radius 2 is 1.48 bits per heavy atom. The van der Waals surface area contributed by atoms with Gasteiger partial charge < -0.3 is 10.4 Å². The standard InChI is InChI=1S/C24H24N4O/c29-21-12-10-20(11-13-21)26-23-14-15-24-25-16-22(28(24)27-23)19-8-6-18(7-9-19)17-4-2-1-3-5-17/h1-9,14-16,20-21,29H,10-13H2,(H,26,27)/t20-,21-. The second-order valence-corrected chi connectivity index (χ2v) is 7.73. The third-order valence-electron chi connectivity index (χ3n) is 5.70. The van der Waals surface area contributed by atoms with Crippen molar-refractivity contribution in [1.29, 1.82) is 0 Å². The lowest BCUT2D eigenvalue weighted by Crippen LogP contribution is -2.28. The number of hydrogen-bond donors (Lipinski definition) is 2. The van der Waals surface area contributed by atoms with Crippen LogP contribution in [0.5, 0.6) is 0 Å². The van der Waals surface area contributed by atoms with E-state index in [1.165, 1.54) is 11.1 Å². The Morgan fingerprint density at radius 1 is 0.793 bits per heavy atom. The first kappa shape index (κ1) is 17.9. The molecule has 1 fully saturated rings. The summed E-state index contributed by atoms with van der Waals surface area (Å²) in [5.74, 6) is 0.846. The second-order valence-electron chi connectivity index (χ2n) is 7.73. The molecule has 0 saturated heterocycles. The first-order valence-electron chi connectivity index (χ1n) is 10.2. The molecule has 1 aliphatic rings. The third kappa shape index (κ3) is 3.74. The number of benzene rings is 2. The zero-order chi connectivity index (χ0) is 19.6. The number of aromatic nitrogens is 3. The molecule has 2 heterocycles. The van der Waals surface area contributed by atoms with Gasteiger partial charge in [0.2, 0.25) is 0 Å². The molecule has 0 atom stereocenters. The minimum Gasteiger partial charge on any atom is -0.393 e. The maximum atomic E-state index is 9.71. The molecule has 2 aromatic carbocycles. The summed E-state index contributed by atoms with van der Waals surface area (Å²) in [6.07, 6.45) is 5.37. The smallest absolute Gasteiger partial charge is 0.154 e. The Balaban J connectivity index is 1.41. The van der Waals surface area contributed by atoms with Gasteiger partial charge in [-0.15, -0.1) is 5.10 Å². The summed E-state index contributed by atoms with van der Waals surface area (Å²) in [5, 5.41) is 18.0. The Bertz CT molecular complexity index is 1100. The number of nitrogens with zero attached hydrogens (tertiary/aromatic N) is 3. The molecule has 0 aliphatic heterocycles. The van der Waals surface area contributed by atoms with Crippen molar-refractivity contribution in [3.05, 3.63) is 72.9 Å². The number of hydrogen-bond acceptors (Lipinski definition) is 4. The number of aliphatic hydroxyl groups excluding tert-OH is 1. The van der Waals surface area contributed by atoms with Gasteiger partial charge in [-0.25, -0.2) is 9.50 Å². The van der Waals surface area contributed by atoms with Crippen molar-refractivity contribution in [2.45, 2.75) is 37.8 Å². The maximum Gasteiger partial charge on any atom is 0.154 e. The molecule has 0 spiro atoms. The highest BCUT2D eigenvalue weighted by atomic mass is 16.3. The molecule has 0 unspecified atom stereocenters. The number of fused-ring (bicyclic) bond motifs is 1. The number of anilines is 1. The Morgan fingerprint density at radius 3 is 2.24 bits per heavy atom. The van der Waals surface area contributed by atoms with E-state index in [4.69, 9.17) is 5.10 Å². The van der Waals surface area contributed by atoms with Gasteiger partial charge in [-0.05, 0) is 48.9 Å². The molecule has 5 heteroatoms. The second kappa shape index (κ2) is 7.68. The molecule has 2 aromatic heterocycles. The SMILES string of the molecule is O[C@H]1CC[C@H](Nc2ccc3ncc(-c4ccc(-c5ccccc5)cc4)n3n2)CC1. The van der Waals surface area contributed by atoms with E-state index in [0.29, 0.717) is 6.04 Å². The normalized spacial score (nSPS) is 19.3. The summed E-state index contributed by atoms with van der Waals surface area (Å²) in [5.41, 5.74) is 5.29.